The Morgan fingerprint density at radius 3 is 2.87 bits per heavy atom. The summed E-state index contributed by atoms with van der Waals surface area (Å²) in [6.45, 7) is 2.00. The van der Waals surface area contributed by atoms with E-state index in [2.05, 4.69) is 10.2 Å². The number of nitrogens with zero attached hydrogens (tertiary/aromatic N) is 2. The van der Waals surface area contributed by atoms with E-state index in [-0.39, 0.29) is 12.3 Å². The van der Waals surface area contributed by atoms with Crippen molar-refractivity contribution in [2.24, 2.45) is 5.73 Å². The van der Waals surface area contributed by atoms with Gasteiger partial charge in [-0.05, 0) is 19.1 Å². The van der Waals surface area contributed by atoms with Gasteiger partial charge in [-0.3, -0.25) is 0 Å². The van der Waals surface area contributed by atoms with Crippen LogP contribution in [-0.2, 0) is 6.54 Å². The molecule has 0 fully saturated rings. The molecule has 1 aromatic carbocycles. The molecule has 5 heteroatoms. The van der Waals surface area contributed by atoms with Crippen molar-refractivity contribution in [3.63, 3.8) is 0 Å². The van der Waals surface area contributed by atoms with Crippen molar-refractivity contribution >= 4 is 0 Å². The number of hydrogen-bond acceptors (Lipinski definition) is 5. The van der Waals surface area contributed by atoms with Crippen molar-refractivity contribution in [3.05, 3.63) is 29.7 Å². The van der Waals surface area contributed by atoms with Crippen LogP contribution in [0.15, 0.2) is 22.6 Å². The summed E-state index contributed by atoms with van der Waals surface area (Å²) in [6, 6.07) is 5.14. The standard InChI is InChI=1S/C10H11N3O2/c1-6-7(3-2-4-8(6)14)10-13-12-9(5-11)15-10/h2-4,14H,5,11H2,1H3. The van der Waals surface area contributed by atoms with Gasteiger partial charge in [0.2, 0.25) is 11.8 Å². The quantitative estimate of drug-likeness (QED) is 0.769. The lowest BCUT2D eigenvalue weighted by atomic mass is 10.1. The van der Waals surface area contributed by atoms with E-state index in [1.54, 1.807) is 19.1 Å². The van der Waals surface area contributed by atoms with Crippen LogP contribution in [0.1, 0.15) is 11.5 Å². The third-order valence-corrected chi connectivity index (χ3v) is 2.18. The van der Waals surface area contributed by atoms with Gasteiger partial charge in [-0.2, -0.15) is 0 Å². The zero-order chi connectivity index (χ0) is 10.8. The Kier molecular flexibility index (Phi) is 2.39. The van der Waals surface area contributed by atoms with Gasteiger partial charge in [-0.25, -0.2) is 0 Å². The normalized spacial score (nSPS) is 10.5. The minimum absolute atomic E-state index is 0.208. The molecule has 0 bridgehead atoms. The molecule has 2 rings (SSSR count). The average molecular weight is 205 g/mol. The highest BCUT2D eigenvalue weighted by Gasteiger charge is 2.11. The summed E-state index contributed by atoms with van der Waals surface area (Å²) in [5, 5.41) is 17.1. The summed E-state index contributed by atoms with van der Waals surface area (Å²) < 4.78 is 5.30. The summed E-state index contributed by atoms with van der Waals surface area (Å²) in [5.74, 6) is 0.969. The van der Waals surface area contributed by atoms with Crippen molar-refractivity contribution in [3.8, 4) is 17.2 Å². The van der Waals surface area contributed by atoms with Crippen LogP contribution in [0.3, 0.4) is 0 Å². The maximum absolute atomic E-state index is 9.51. The molecule has 5 nitrogen and oxygen atoms in total. The summed E-state index contributed by atoms with van der Waals surface area (Å²) in [4.78, 5) is 0. The largest absolute Gasteiger partial charge is 0.508 e. The van der Waals surface area contributed by atoms with Crippen LogP contribution >= 0.6 is 0 Å². The first-order chi connectivity index (χ1) is 7.22. The van der Waals surface area contributed by atoms with E-state index in [0.29, 0.717) is 17.3 Å². The number of rotatable bonds is 2. The Labute approximate surface area is 86.6 Å². The van der Waals surface area contributed by atoms with Crippen LogP contribution in [0.4, 0.5) is 0 Å². The van der Waals surface area contributed by atoms with Gasteiger partial charge in [0.25, 0.3) is 0 Å². The smallest absolute Gasteiger partial charge is 0.248 e. The molecule has 0 saturated carbocycles. The fourth-order valence-corrected chi connectivity index (χ4v) is 1.30. The van der Waals surface area contributed by atoms with Gasteiger partial charge in [0.05, 0.1) is 6.54 Å². The van der Waals surface area contributed by atoms with Crippen molar-refractivity contribution in [2.45, 2.75) is 13.5 Å². The molecule has 0 atom stereocenters. The fraction of sp³-hybridized carbons (Fsp3) is 0.200. The number of aromatic nitrogens is 2. The van der Waals surface area contributed by atoms with E-state index in [9.17, 15) is 5.11 Å². The lowest BCUT2D eigenvalue weighted by Crippen LogP contribution is -1.95. The first-order valence-electron chi connectivity index (χ1n) is 4.53. The second-order valence-corrected chi connectivity index (χ2v) is 3.15. The molecular formula is C10H11N3O2. The van der Waals surface area contributed by atoms with E-state index in [4.69, 9.17) is 10.2 Å². The van der Waals surface area contributed by atoms with E-state index >= 15 is 0 Å². The SMILES string of the molecule is Cc1c(O)cccc1-c1nnc(CN)o1. The Morgan fingerprint density at radius 2 is 2.20 bits per heavy atom. The van der Waals surface area contributed by atoms with Gasteiger partial charge >= 0.3 is 0 Å². The first kappa shape index (κ1) is 9.67. The Balaban J connectivity index is 2.49. The van der Waals surface area contributed by atoms with Crippen molar-refractivity contribution in [2.75, 3.05) is 0 Å². The lowest BCUT2D eigenvalue weighted by Gasteiger charge is -2.02. The maximum atomic E-state index is 9.51. The number of phenolic OH excluding ortho intramolecular Hbond substituents is 1. The first-order valence-corrected chi connectivity index (χ1v) is 4.53. The predicted molar refractivity (Wildman–Crippen MR) is 54.0 cm³/mol. The molecule has 1 heterocycles. The summed E-state index contributed by atoms with van der Waals surface area (Å²) in [7, 11) is 0. The molecule has 0 aliphatic carbocycles. The van der Waals surface area contributed by atoms with Gasteiger partial charge in [0, 0.05) is 11.1 Å². The van der Waals surface area contributed by atoms with E-state index < -0.39 is 0 Å². The second kappa shape index (κ2) is 3.70. The molecule has 0 radical (unpaired) electrons. The zero-order valence-corrected chi connectivity index (χ0v) is 8.27. The molecule has 0 aliphatic heterocycles. The minimum Gasteiger partial charge on any atom is -0.508 e. The minimum atomic E-state index is 0.208. The van der Waals surface area contributed by atoms with Crippen LogP contribution < -0.4 is 5.73 Å². The van der Waals surface area contributed by atoms with Crippen LogP contribution in [-0.4, -0.2) is 15.3 Å². The van der Waals surface area contributed by atoms with Crippen molar-refractivity contribution < 1.29 is 9.52 Å². The summed E-state index contributed by atoms with van der Waals surface area (Å²) in [5.41, 5.74) is 6.80. The molecular weight excluding hydrogens is 194 g/mol. The molecule has 0 spiro atoms. The van der Waals surface area contributed by atoms with Crippen molar-refractivity contribution in [1.82, 2.24) is 10.2 Å². The number of aromatic hydroxyl groups is 1. The number of hydrogen-bond donors (Lipinski definition) is 2. The lowest BCUT2D eigenvalue weighted by molar-refractivity contribution is 0.470. The molecule has 1 aromatic heterocycles. The molecule has 0 unspecified atom stereocenters. The molecule has 0 saturated heterocycles. The van der Waals surface area contributed by atoms with Crippen LogP contribution in [0.25, 0.3) is 11.5 Å². The fourth-order valence-electron chi connectivity index (χ4n) is 1.30. The third kappa shape index (κ3) is 1.69. The molecule has 0 aliphatic rings. The highest BCUT2D eigenvalue weighted by Crippen LogP contribution is 2.27. The topological polar surface area (TPSA) is 85.2 Å². The number of nitrogens with two attached hydrogens (primary N) is 1. The Hall–Kier alpha value is -1.88. The molecule has 2 aromatic rings. The number of phenols is 1. The molecule has 0 amide bonds. The predicted octanol–water partition coefficient (Wildman–Crippen LogP) is 1.21. The Bertz CT molecular complexity index is 479. The highest BCUT2D eigenvalue weighted by atomic mass is 16.4. The van der Waals surface area contributed by atoms with Crippen LogP contribution in [0.5, 0.6) is 5.75 Å². The Morgan fingerprint density at radius 1 is 1.40 bits per heavy atom. The third-order valence-electron chi connectivity index (χ3n) is 2.18. The van der Waals surface area contributed by atoms with Gasteiger partial charge in [-0.1, -0.05) is 6.07 Å². The van der Waals surface area contributed by atoms with Gasteiger partial charge in [0.15, 0.2) is 0 Å². The highest BCUT2D eigenvalue weighted by molar-refractivity contribution is 5.61. The second-order valence-electron chi connectivity index (χ2n) is 3.15. The van der Waals surface area contributed by atoms with Crippen molar-refractivity contribution in [1.29, 1.82) is 0 Å². The van der Waals surface area contributed by atoms with E-state index in [1.807, 2.05) is 6.07 Å². The average Bonchev–Trinajstić information content (AvgIpc) is 2.70. The zero-order valence-electron chi connectivity index (χ0n) is 8.27. The van der Waals surface area contributed by atoms with Crippen LogP contribution in [0.2, 0.25) is 0 Å². The van der Waals surface area contributed by atoms with E-state index in [1.165, 1.54) is 0 Å². The summed E-state index contributed by atoms with van der Waals surface area (Å²) >= 11 is 0. The maximum Gasteiger partial charge on any atom is 0.248 e. The monoisotopic (exact) mass is 205 g/mol. The molecule has 78 valence electrons. The summed E-state index contributed by atoms with van der Waals surface area (Å²) in [6.07, 6.45) is 0. The van der Waals surface area contributed by atoms with Gasteiger partial charge in [-0.15, -0.1) is 10.2 Å². The van der Waals surface area contributed by atoms with Gasteiger partial charge < -0.3 is 15.3 Å². The van der Waals surface area contributed by atoms with Crippen LogP contribution in [0, 0.1) is 6.92 Å². The number of benzene rings is 1. The molecule has 15 heavy (non-hydrogen) atoms. The van der Waals surface area contributed by atoms with Gasteiger partial charge in [0.1, 0.15) is 5.75 Å². The van der Waals surface area contributed by atoms with E-state index in [0.717, 1.165) is 5.56 Å². The molecule has 3 N–H and O–H groups in total.